The van der Waals surface area contributed by atoms with Gasteiger partial charge in [-0.25, -0.2) is 0 Å². The minimum absolute atomic E-state index is 0.0184. The molecule has 0 unspecified atom stereocenters. The van der Waals surface area contributed by atoms with Gasteiger partial charge in [0, 0.05) is 36.4 Å². The van der Waals surface area contributed by atoms with Crippen LogP contribution in [0.4, 0.5) is 0 Å². The summed E-state index contributed by atoms with van der Waals surface area (Å²) in [6.07, 6.45) is 2.00. The number of benzene rings is 1. The highest BCUT2D eigenvalue weighted by Gasteiger charge is 2.34. The highest BCUT2D eigenvalue weighted by Crippen LogP contribution is 2.20. The summed E-state index contributed by atoms with van der Waals surface area (Å²) in [6.45, 7) is 3.59. The van der Waals surface area contributed by atoms with Gasteiger partial charge in [-0.2, -0.15) is 0 Å². The van der Waals surface area contributed by atoms with Gasteiger partial charge >= 0.3 is 0 Å². The SMILES string of the molecule is Cc1ccc(SCCNC(=O)[C@H]2CC(=O)N(Cc3ccccn3)C2)cc1. The Labute approximate surface area is 158 Å². The van der Waals surface area contributed by atoms with Gasteiger partial charge in [-0.15, -0.1) is 11.8 Å². The number of nitrogens with one attached hydrogen (secondary N) is 1. The predicted molar refractivity (Wildman–Crippen MR) is 103 cm³/mol. The molecule has 1 saturated heterocycles. The van der Waals surface area contributed by atoms with Gasteiger partial charge < -0.3 is 10.2 Å². The highest BCUT2D eigenvalue weighted by molar-refractivity contribution is 7.99. The molecule has 0 radical (unpaired) electrons. The summed E-state index contributed by atoms with van der Waals surface area (Å²) in [4.78, 5) is 31.6. The van der Waals surface area contributed by atoms with E-state index >= 15 is 0 Å². The third kappa shape index (κ3) is 5.08. The zero-order valence-electron chi connectivity index (χ0n) is 14.9. The number of hydrogen-bond acceptors (Lipinski definition) is 4. The average molecular weight is 369 g/mol. The summed E-state index contributed by atoms with van der Waals surface area (Å²) in [6, 6.07) is 14.0. The van der Waals surface area contributed by atoms with Gasteiger partial charge in [0.15, 0.2) is 0 Å². The third-order valence-corrected chi connectivity index (χ3v) is 5.37. The number of nitrogens with zero attached hydrogens (tertiary/aromatic N) is 2. The van der Waals surface area contributed by atoms with Crippen molar-refractivity contribution < 1.29 is 9.59 Å². The average Bonchev–Trinajstić information content (AvgIpc) is 3.01. The molecule has 2 aromatic rings. The Balaban J connectivity index is 1.41. The molecule has 5 nitrogen and oxygen atoms in total. The molecule has 3 rings (SSSR count). The number of thioether (sulfide) groups is 1. The van der Waals surface area contributed by atoms with Crippen molar-refractivity contribution in [3.8, 4) is 0 Å². The maximum absolute atomic E-state index is 12.3. The van der Waals surface area contributed by atoms with Crippen LogP contribution in [0.2, 0.25) is 0 Å². The lowest BCUT2D eigenvalue weighted by Gasteiger charge is -2.16. The summed E-state index contributed by atoms with van der Waals surface area (Å²) in [7, 11) is 0. The summed E-state index contributed by atoms with van der Waals surface area (Å²) >= 11 is 1.72. The maximum atomic E-state index is 12.3. The molecule has 1 atom stereocenters. The zero-order chi connectivity index (χ0) is 18.4. The second-order valence-electron chi connectivity index (χ2n) is 6.45. The number of carbonyl (C=O) groups is 2. The van der Waals surface area contributed by atoms with Crippen molar-refractivity contribution in [2.75, 3.05) is 18.8 Å². The first-order valence-electron chi connectivity index (χ1n) is 8.76. The molecule has 1 aromatic carbocycles. The Bertz CT molecular complexity index is 749. The van der Waals surface area contributed by atoms with Gasteiger partial charge in [-0.1, -0.05) is 23.8 Å². The molecule has 0 aliphatic carbocycles. The largest absolute Gasteiger partial charge is 0.355 e. The lowest BCUT2D eigenvalue weighted by molar-refractivity contribution is -0.129. The van der Waals surface area contributed by atoms with E-state index in [1.54, 1.807) is 22.9 Å². The standard InChI is InChI=1S/C20H23N3O2S/c1-15-5-7-18(8-6-15)26-11-10-22-20(25)16-12-19(24)23(13-16)14-17-4-2-3-9-21-17/h2-9,16H,10-14H2,1H3,(H,22,25)/t16-/m0/s1. The molecule has 2 heterocycles. The number of pyridine rings is 1. The van der Waals surface area contributed by atoms with Crippen molar-refractivity contribution in [2.45, 2.75) is 24.8 Å². The highest BCUT2D eigenvalue weighted by atomic mass is 32.2. The quantitative estimate of drug-likeness (QED) is 0.602. The molecule has 2 amide bonds. The van der Waals surface area contributed by atoms with Crippen molar-refractivity contribution in [3.63, 3.8) is 0 Å². The fourth-order valence-electron chi connectivity index (χ4n) is 2.91. The minimum Gasteiger partial charge on any atom is -0.355 e. The van der Waals surface area contributed by atoms with E-state index in [4.69, 9.17) is 0 Å². The fraction of sp³-hybridized carbons (Fsp3) is 0.350. The minimum atomic E-state index is -0.268. The molecule has 0 bridgehead atoms. The Morgan fingerprint density at radius 3 is 2.81 bits per heavy atom. The van der Waals surface area contributed by atoms with Crippen LogP contribution in [-0.4, -0.2) is 40.5 Å². The van der Waals surface area contributed by atoms with Gasteiger partial charge in [0.25, 0.3) is 0 Å². The number of carbonyl (C=O) groups excluding carboxylic acids is 2. The van der Waals surface area contributed by atoms with Crippen LogP contribution in [0.15, 0.2) is 53.6 Å². The van der Waals surface area contributed by atoms with E-state index < -0.39 is 0 Å². The summed E-state index contributed by atoms with van der Waals surface area (Å²) in [5.74, 6) is 0.527. The smallest absolute Gasteiger partial charge is 0.225 e. The molecule has 1 fully saturated rings. The fourth-order valence-corrected chi connectivity index (χ4v) is 3.68. The summed E-state index contributed by atoms with van der Waals surface area (Å²) < 4.78 is 0. The van der Waals surface area contributed by atoms with Crippen LogP contribution in [-0.2, 0) is 16.1 Å². The first kappa shape index (κ1) is 18.5. The lowest BCUT2D eigenvalue weighted by atomic mass is 10.1. The van der Waals surface area contributed by atoms with E-state index in [2.05, 4.69) is 41.5 Å². The van der Waals surface area contributed by atoms with Crippen molar-refractivity contribution in [1.82, 2.24) is 15.2 Å². The van der Waals surface area contributed by atoms with Crippen LogP contribution >= 0.6 is 11.8 Å². The molecule has 6 heteroatoms. The van der Waals surface area contributed by atoms with Crippen LogP contribution in [0.5, 0.6) is 0 Å². The number of amides is 2. The van der Waals surface area contributed by atoms with Crippen LogP contribution in [0.1, 0.15) is 17.7 Å². The number of aryl methyl sites for hydroxylation is 1. The normalized spacial score (nSPS) is 16.7. The van der Waals surface area contributed by atoms with Crippen LogP contribution in [0.25, 0.3) is 0 Å². The molecule has 1 N–H and O–H groups in total. The van der Waals surface area contributed by atoms with Crippen LogP contribution < -0.4 is 5.32 Å². The molecule has 0 spiro atoms. The number of rotatable bonds is 7. The molecular weight excluding hydrogens is 346 g/mol. The van der Waals surface area contributed by atoms with Gasteiger partial charge in [0.05, 0.1) is 18.2 Å². The van der Waals surface area contributed by atoms with E-state index in [-0.39, 0.29) is 24.2 Å². The Hall–Kier alpha value is -2.34. The lowest BCUT2D eigenvalue weighted by Crippen LogP contribution is -2.34. The molecule has 0 saturated carbocycles. The Morgan fingerprint density at radius 2 is 2.08 bits per heavy atom. The van der Waals surface area contributed by atoms with E-state index in [1.165, 1.54) is 10.5 Å². The number of hydrogen-bond donors (Lipinski definition) is 1. The predicted octanol–water partition coefficient (Wildman–Crippen LogP) is 2.65. The zero-order valence-corrected chi connectivity index (χ0v) is 15.7. The Morgan fingerprint density at radius 1 is 1.27 bits per heavy atom. The van der Waals surface area contributed by atoms with E-state index in [0.717, 1.165) is 11.4 Å². The molecule has 136 valence electrons. The van der Waals surface area contributed by atoms with E-state index in [1.807, 2.05) is 18.2 Å². The Kier molecular flexibility index (Phi) is 6.28. The van der Waals surface area contributed by atoms with Gasteiger partial charge in [-0.3, -0.25) is 14.6 Å². The molecule has 1 aliphatic rings. The van der Waals surface area contributed by atoms with E-state index in [9.17, 15) is 9.59 Å². The number of aromatic nitrogens is 1. The van der Waals surface area contributed by atoms with Crippen molar-refractivity contribution in [1.29, 1.82) is 0 Å². The first-order valence-corrected chi connectivity index (χ1v) is 9.75. The van der Waals surface area contributed by atoms with Gasteiger partial charge in [0.2, 0.25) is 11.8 Å². The molecule has 26 heavy (non-hydrogen) atoms. The molecule has 1 aromatic heterocycles. The summed E-state index contributed by atoms with van der Waals surface area (Å²) in [5, 5.41) is 2.96. The monoisotopic (exact) mass is 369 g/mol. The molecular formula is C20H23N3O2S. The topological polar surface area (TPSA) is 62.3 Å². The van der Waals surface area contributed by atoms with Gasteiger partial charge in [0.1, 0.15) is 0 Å². The first-order chi connectivity index (χ1) is 12.6. The molecule has 1 aliphatic heterocycles. The second kappa shape index (κ2) is 8.85. The van der Waals surface area contributed by atoms with Crippen LogP contribution in [0.3, 0.4) is 0 Å². The van der Waals surface area contributed by atoms with Crippen molar-refractivity contribution in [2.24, 2.45) is 5.92 Å². The second-order valence-corrected chi connectivity index (χ2v) is 7.62. The van der Waals surface area contributed by atoms with Crippen LogP contribution in [0, 0.1) is 12.8 Å². The van der Waals surface area contributed by atoms with Crippen molar-refractivity contribution in [3.05, 3.63) is 59.9 Å². The third-order valence-electron chi connectivity index (χ3n) is 4.36. The van der Waals surface area contributed by atoms with Crippen molar-refractivity contribution >= 4 is 23.6 Å². The number of likely N-dealkylation sites (tertiary alicyclic amines) is 1. The van der Waals surface area contributed by atoms with Gasteiger partial charge in [-0.05, 0) is 31.2 Å². The maximum Gasteiger partial charge on any atom is 0.225 e. The summed E-state index contributed by atoms with van der Waals surface area (Å²) in [5.41, 5.74) is 2.08. The van der Waals surface area contributed by atoms with E-state index in [0.29, 0.717) is 19.6 Å².